The monoisotopic (exact) mass is 484 g/mol. The predicted octanol–water partition coefficient (Wildman–Crippen LogP) is 5.11. The van der Waals surface area contributed by atoms with E-state index in [9.17, 15) is 9.59 Å². The highest BCUT2D eigenvalue weighted by molar-refractivity contribution is 6.42. The number of carbonyl (C=O) groups excluding carboxylic acids is 2. The molecule has 0 unspecified atom stereocenters. The SMILES string of the molecule is CCOc1cc(C=NN2C(=O)[C@@H]3[C@H](C2=O)[C@H]2C=C[C@H]3C2)ccc1OCc1ccc(Cl)c(Cl)c1. The van der Waals surface area contributed by atoms with E-state index in [1.807, 2.05) is 13.0 Å². The Labute approximate surface area is 201 Å². The second-order valence-corrected chi connectivity index (χ2v) is 9.22. The number of carbonyl (C=O) groups is 2. The van der Waals surface area contributed by atoms with Crippen molar-refractivity contribution in [3.8, 4) is 11.5 Å². The number of ether oxygens (including phenoxy) is 2. The van der Waals surface area contributed by atoms with E-state index in [-0.39, 0.29) is 35.5 Å². The molecule has 2 fully saturated rings. The molecule has 6 nitrogen and oxygen atoms in total. The van der Waals surface area contributed by atoms with Gasteiger partial charge in [-0.25, -0.2) is 0 Å². The van der Waals surface area contributed by atoms with Crippen molar-refractivity contribution in [1.29, 1.82) is 0 Å². The van der Waals surface area contributed by atoms with Crippen molar-refractivity contribution in [2.24, 2.45) is 28.8 Å². The standard InChI is InChI=1S/C25H22Cl2N2O4/c1-2-32-21-10-14(4-8-20(21)33-13-15-3-7-18(26)19(27)9-15)12-28-29-24(30)22-16-5-6-17(11-16)23(22)25(29)31/h3-10,12,16-17,22-23H,2,11,13H2,1H3/t16-,17-,22-,23+/m0/s1. The molecule has 1 saturated heterocycles. The number of hydrogen-bond acceptors (Lipinski definition) is 5. The van der Waals surface area contributed by atoms with Crippen LogP contribution >= 0.6 is 23.2 Å². The summed E-state index contributed by atoms with van der Waals surface area (Å²) in [6, 6.07) is 10.7. The number of fused-ring (bicyclic) bond motifs is 5. The Morgan fingerprint density at radius 2 is 1.70 bits per heavy atom. The van der Waals surface area contributed by atoms with Gasteiger partial charge in [0.1, 0.15) is 6.61 Å². The lowest BCUT2D eigenvalue weighted by molar-refractivity contribution is -0.140. The maximum Gasteiger partial charge on any atom is 0.254 e. The topological polar surface area (TPSA) is 68.2 Å². The molecule has 2 aliphatic carbocycles. The van der Waals surface area contributed by atoms with Crippen molar-refractivity contribution >= 4 is 41.2 Å². The first-order chi connectivity index (χ1) is 16.0. The van der Waals surface area contributed by atoms with Gasteiger partial charge in [0.05, 0.1) is 34.7 Å². The Hall–Kier alpha value is -2.83. The van der Waals surface area contributed by atoms with Gasteiger partial charge in [0.2, 0.25) is 0 Å². The smallest absolute Gasteiger partial charge is 0.254 e. The van der Waals surface area contributed by atoms with Crippen LogP contribution in [-0.4, -0.2) is 29.6 Å². The molecule has 2 amide bonds. The molecule has 2 aromatic carbocycles. The number of amides is 2. The fourth-order valence-corrected chi connectivity index (χ4v) is 5.23. The summed E-state index contributed by atoms with van der Waals surface area (Å²) in [5, 5.41) is 6.23. The number of rotatable bonds is 7. The molecule has 0 N–H and O–H groups in total. The minimum atomic E-state index is -0.263. The van der Waals surface area contributed by atoms with Gasteiger partial charge in [0.25, 0.3) is 11.8 Å². The summed E-state index contributed by atoms with van der Waals surface area (Å²) in [6.07, 6.45) is 6.54. The number of benzene rings is 2. The number of hydrogen-bond donors (Lipinski definition) is 0. The van der Waals surface area contributed by atoms with E-state index in [1.54, 1.807) is 30.3 Å². The first-order valence-electron chi connectivity index (χ1n) is 10.9. The fourth-order valence-electron chi connectivity index (χ4n) is 4.91. The molecular formula is C25H22Cl2N2O4. The highest BCUT2D eigenvalue weighted by Gasteiger charge is 2.59. The number of allylic oxidation sites excluding steroid dienone is 2. The van der Waals surface area contributed by atoms with Crippen LogP contribution < -0.4 is 9.47 Å². The summed E-state index contributed by atoms with van der Waals surface area (Å²) in [5.74, 6) is 0.489. The van der Waals surface area contributed by atoms with E-state index >= 15 is 0 Å². The molecule has 8 heteroatoms. The molecule has 0 aromatic heterocycles. The number of nitrogens with zero attached hydrogens (tertiary/aromatic N) is 2. The van der Waals surface area contributed by atoms with Crippen LogP contribution in [0.3, 0.4) is 0 Å². The minimum Gasteiger partial charge on any atom is -0.490 e. The number of halogens is 2. The summed E-state index contributed by atoms with van der Waals surface area (Å²) in [7, 11) is 0. The van der Waals surface area contributed by atoms with Crippen LogP contribution in [0.15, 0.2) is 53.7 Å². The van der Waals surface area contributed by atoms with Gasteiger partial charge in [0.15, 0.2) is 11.5 Å². The average Bonchev–Trinajstić information content (AvgIpc) is 3.48. The number of hydrazone groups is 1. The van der Waals surface area contributed by atoms with Crippen LogP contribution in [-0.2, 0) is 16.2 Å². The molecule has 2 bridgehead atoms. The zero-order chi connectivity index (χ0) is 23.1. The summed E-state index contributed by atoms with van der Waals surface area (Å²) in [6.45, 7) is 2.62. The van der Waals surface area contributed by atoms with Crippen LogP contribution in [0.25, 0.3) is 0 Å². The lowest BCUT2D eigenvalue weighted by Crippen LogP contribution is -2.28. The van der Waals surface area contributed by atoms with Crippen LogP contribution in [0.4, 0.5) is 0 Å². The molecule has 0 spiro atoms. The van der Waals surface area contributed by atoms with Crippen molar-refractivity contribution in [2.75, 3.05) is 6.61 Å². The zero-order valence-electron chi connectivity index (χ0n) is 17.9. The molecule has 4 atom stereocenters. The van der Waals surface area contributed by atoms with Gasteiger partial charge in [-0.15, -0.1) is 0 Å². The van der Waals surface area contributed by atoms with Crippen LogP contribution in [0, 0.1) is 23.7 Å². The molecule has 2 aromatic rings. The Balaban J connectivity index is 1.30. The van der Waals surface area contributed by atoms with E-state index in [0.717, 1.165) is 17.0 Å². The van der Waals surface area contributed by atoms with E-state index in [0.29, 0.717) is 40.3 Å². The molecule has 1 aliphatic heterocycles. The van der Waals surface area contributed by atoms with E-state index < -0.39 is 0 Å². The molecule has 1 saturated carbocycles. The van der Waals surface area contributed by atoms with Gasteiger partial charge >= 0.3 is 0 Å². The third-order valence-corrected chi connectivity index (χ3v) is 7.15. The fraction of sp³-hybridized carbons (Fsp3) is 0.320. The highest BCUT2D eigenvalue weighted by Crippen LogP contribution is 2.52. The van der Waals surface area contributed by atoms with Crippen LogP contribution in [0.5, 0.6) is 11.5 Å². The summed E-state index contributed by atoms with van der Waals surface area (Å²) >= 11 is 12.0. The second-order valence-electron chi connectivity index (χ2n) is 8.41. The maximum absolute atomic E-state index is 12.8. The normalized spacial score (nSPS) is 25.4. The molecule has 1 heterocycles. The highest BCUT2D eigenvalue weighted by atomic mass is 35.5. The van der Waals surface area contributed by atoms with Crippen molar-refractivity contribution in [3.05, 3.63) is 69.7 Å². The average molecular weight is 485 g/mol. The van der Waals surface area contributed by atoms with Crippen LogP contribution in [0.1, 0.15) is 24.5 Å². The van der Waals surface area contributed by atoms with E-state index in [4.69, 9.17) is 32.7 Å². The molecular weight excluding hydrogens is 463 g/mol. The largest absolute Gasteiger partial charge is 0.490 e. The molecule has 0 radical (unpaired) electrons. The quantitative estimate of drug-likeness (QED) is 0.311. The molecule has 170 valence electrons. The zero-order valence-corrected chi connectivity index (χ0v) is 19.4. The van der Waals surface area contributed by atoms with Gasteiger partial charge in [-0.3, -0.25) is 9.59 Å². The molecule has 5 rings (SSSR count). The minimum absolute atomic E-state index is 0.160. The van der Waals surface area contributed by atoms with Gasteiger partial charge in [-0.05, 0) is 66.6 Å². The third kappa shape index (κ3) is 4.02. The van der Waals surface area contributed by atoms with Gasteiger partial charge in [-0.2, -0.15) is 10.1 Å². The van der Waals surface area contributed by atoms with Gasteiger partial charge in [-0.1, -0.05) is 41.4 Å². The Morgan fingerprint density at radius 3 is 2.36 bits per heavy atom. The summed E-state index contributed by atoms with van der Waals surface area (Å²) in [4.78, 5) is 25.6. The Bertz CT molecular complexity index is 1150. The maximum atomic E-state index is 12.8. The van der Waals surface area contributed by atoms with Crippen molar-refractivity contribution in [3.63, 3.8) is 0 Å². The van der Waals surface area contributed by atoms with Crippen molar-refractivity contribution in [2.45, 2.75) is 20.0 Å². The van der Waals surface area contributed by atoms with Gasteiger partial charge < -0.3 is 9.47 Å². The first kappa shape index (κ1) is 22.0. The first-order valence-corrected chi connectivity index (χ1v) is 11.7. The van der Waals surface area contributed by atoms with Crippen LogP contribution in [0.2, 0.25) is 10.0 Å². The lowest BCUT2D eigenvalue weighted by atomic mass is 9.85. The lowest BCUT2D eigenvalue weighted by Gasteiger charge is -2.13. The summed E-state index contributed by atoms with van der Waals surface area (Å²) < 4.78 is 11.7. The Morgan fingerprint density at radius 1 is 0.970 bits per heavy atom. The van der Waals surface area contributed by atoms with Gasteiger partial charge in [0, 0.05) is 0 Å². The molecule has 33 heavy (non-hydrogen) atoms. The van der Waals surface area contributed by atoms with E-state index in [2.05, 4.69) is 17.3 Å². The summed E-state index contributed by atoms with van der Waals surface area (Å²) in [5.41, 5.74) is 1.57. The van der Waals surface area contributed by atoms with Crippen molar-refractivity contribution < 1.29 is 19.1 Å². The third-order valence-electron chi connectivity index (χ3n) is 6.42. The molecule has 3 aliphatic rings. The number of imide groups is 1. The van der Waals surface area contributed by atoms with E-state index in [1.165, 1.54) is 6.21 Å². The van der Waals surface area contributed by atoms with Crippen molar-refractivity contribution in [1.82, 2.24) is 5.01 Å². The predicted molar refractivity (Wildman–Crippen MR) is 126 cm³/mol. The Kier molecular flexibility index (Phi) is 5.89. The second kappa shape index (κ2) is 8.84.